The molecule has 102 valence electrons. The van der Waals surface area contributed by atoms with E-state index in [0.717, 1.165) is 6.20 Å². The van der Waals surface area contributed by atoms with Gasteiger partial charge in [-0.3, -0.25) is 4.79 Å². The topological polar surface area (TPSA) is 102 Å². The number of hydrogen-bond acceptors (Lipinski definition) is 5. The molecule has 0 amide bonds. The Morgan fingerprint density at radius 2 is 2.10 bits per heavy atom. The predicted molar refractivity (Wildman–Crippen MR) is 67.1 cm³/mol. The zero-order valence-electron chi connectivity index (χ0n) is 10.2. The number of hydrogen-bond donors (Lipinski definition) is 2. The Hall–Kier alpha value is -2.83. The van der Waals surface area contributed by atoms with Gasteiger partial charge in [-0.2, -0.15) is 0 Å². The van der Waals surface area contributed by atoms with Crippen LogP contribution in [0.1, 0.15) is 22.3 Å². The van der Waals surface area contributed by atoms with Crippen LogP contribution >= 0.6 is 0 Å². The minimum Gasteiger partial charge on any atom is -0.485 e. The number of carboxylic acid groups (broad SMARTS) is 1. The Balaban J connectivity index is 1.90. The first-order valence-electron chi connectivity index (χ1n) is 5.86. The maximum atomic E-state index is 11.6. The monoisotopic (exact) mass is 274 g/mol. The number of carbonyl (C=O) groups is 1. The molecule has 2 N–H and O–H groups in total. The van der Waals surface area contributed by atoms with Gasteiger partial charge in [0.15, 0.2) is 23.4 Å². The Kier molecular flexibility index (Phi) is 2.86. The van der Waals surface area contributed by atoms with Crippen LogP contribution in [0.3, 0.4) is 0 Å². The number of aromatic nitrogens is 2. The molecule has 7 heteroatoms. The lowest BCUT2D eigenvalue weighted by atomic mass is 10.2. The Morgan fingerprint density at radius 1 is 1.35 bits per heavy atom. The third kappa shape index (κ3) is 2.09. The quantitative estimate of drug-likeness (QED) is 0.846. The lowest BCUT2D eigenvalue weighted by Crippen LogP contribution is -2.27. The molecule has 0 fully saturated rings. The molecule has 20 heavy (non-hydrogen) atoms. The summed E-state index contributed by atoms with van der Waals surface area (Å²) < 4.78 is 11.2. The molecule has 1 aromatic carbocycles. The Bertz CT molecular complexity index is 725. The molecule has 1 aliphatic heterocycles. The van der Waals surface area contributed by atoms with E-state index in [-0.39, 0.29) is 12.4 Å². The van der Waals surface area contributed by atoms with Gasteiger partial charge in [0.1, 0.15) is 12.2 Å². The molecule has 0 radical (unpaired) electrons. The number of fused-ring (bicyclic) bond motifs is 1. The molecule has 0 saturated carbocycles. The molecule has 3 rings (SSSR count). The number of carboxylic acids is 1. The van der Waals surface area contributed by atoms with E-state index in [1.807, 2.05) is 6.07 Å². The molecule has 0 saturated heterocycles. The highest BCUT2D eigenvalue weighted by atomic mass is 16.6. The normalized spacial score (nSPS) is 16.7. The molecule has 7 nitrogen and oxygen atoms in total. The highest BCUT2D eigenvalue weighted by molar-refractivity contribution is 5.86. The van der Waals surface area contributed by atoms with Crippen LogP contribution in [0, 0.1) is 0 Å². The van der Waals surface area contributed by atoms with Gasteiger partial charge in [0.2, 0.25) is 0 Å². The van der Waals surface area contributed by atoms with Crippen LogP contribution in [0.4, 0.5) is 0 Å². The van der Waals surface area contributed by atoms with Crippen molar-refractivity contribution in [3.05, 3.63) is 52.2 Å². The lowest BCUT2D eigenvalue weighted by molar-refractivity contribution is 0.0691. The largest absolute Gasteiger partial charge is 0.485 e. The average Bonchev–Trinajstić information content (AvgIpc) is 2.46. The van der Waals surface area contributed by atoms with Gasteiger partial charge in [-0.1, -0.05) is 12.1 Å². The average molecular weight is 274 g/mol. The van der Waals surface area contributed by atoms with E-state index in [4.69, 9.17) is 14.6 Å². The summed E-state index contributed by atoms with van der Waals surface area (Å²) in [6.45, 7) is 0.187. The second-order valence-corrected chi connectivity index (χ2v) is 4.18. The zero-order valence-corrected chi connectivity index (χ0v) is 10.2. The van der Waals surface area contributed by atoms with Crippen LogP contribution in [-0.4, -0.2) is 27.7 Å². The maximum Gasteiger partial charge on any atom is 0.342 e. The third-order valence-electron chi connectivity index (χ3n) is 2.86. The van der Waals surface area contributed by atoms with Crippen molar-refractivity contribution in [3.63, 3.8) is 0 Å². The number of H-pyrrole nitrogens is 1. The molecule has 1 unspecified atom stereocenters. The third-order valence-corrected chi connectivity index (χ3v) is 2.86. The smallest absolute Gasteiger partial charge is 0.342 e. The van der Waals surface area contributed by atoms with E-state index in [2.05, 4.69) is 9.97 Å². The van der Waals surface area contributed by atoms with Crippen LogP contribution in [-0.2, 0) is 0 Å². The molecule has 0 aliphatic carbocycles. The van der Waals surface area contributed by atoms with Gasteiger partial charge in [-0.25, -0.2) is 9.78 Å². The van der Waals surface area contributed by atoms with Crippen molar-refractivity contribution in [2.24, 2.45) is 0 Å². The standard InChI is InChI=1S/C13H10N2O5/c16-12-7(13(17)18)5-14-11(15-12)10-6-19-8-3-1-2-4-9(8)20-10/h1-5,10H,6H2,(H,17,18)(H,14,15,16). The molecule has 1 aliphatic rings. The highest BCUT2D eigenvalue weighted by Gasteiger charge is 2.25. The fourth-order valence-corrected chi connectivity index (χ4v) is 1.88. The number of nitrogens with one attached hydrogen (secondary N) is 1. The Labute approximate surface area is 112 Å². The number of para-hydroxylation sites is 2. The Morgan fingerprint density at radius 3 is 2.80 bits per heavy atom. The first kappa shape index (κ1) is 12.2. The predicted octanol–water partition coefficient (Wildman–Crippen LogP) is 0.981. The van der Waals surface area contributed by atoms with E-state index in [9.17, 15) is 9.59 Å². The minimum absolute atomic E-state index is 0.187. The van der Waals surface area contributed by atoms with E-state index in [1.165, 1.54) is 0 Å². The molecule has 0 spiro atoms. The molecule has 1 aromatic heterocycles. The molecule has 0 bridgehead atoms. The maximum absolute atomic E-state index is 11.6. The first-order chi connectivity index (χ1) is 9.65. The summed E-state index contributed by atoms with van der Waals surface area (Å²) in [4.78, 5) is 28.7. The fraction of sp³-hybridized carbons (Fsp3) is 0.154. The second-order valence-electron chi connectivity index (χ2n) is 4.18. The molecular weight excluding hydrogens is 264 g/mol. The molecule has 2 aromatic rings. The van der Waals surface area contributed by atoms with Crippen LogP contribution in [0.15, 0.2) is 35.3 Å². The second kappa shape index (κ2) is 4.69. The van der Waals surface area contributed by atoms with Crippen LogP contribution < -0.4 is 15.0 Å². The highest BCUT2D eigenvalue weighted by Crippen LogP contribution is 2.34. The summed E-state index contributed by atoms with van der Waals surface area (Å²) in [7, 11) is 0. The van der Waals surface area contributed by atoms with Crippen molar-refractivity contribution in [1.82, 2.24) is 9.97 Å². The van der Waals surface area contributed by atoms with E-state index >= 15 is 0 Å². The van der Waals surface area contributed by atoms with Gasteiger partial charge >= 0.3 is 5.97 Å². The van der Waals surface area contributed by atoms with Crippen molar-refractivity contribution < 1.29 is 19.4 Å². The first-order valence-corrected chi connectivity index (χ1v) is 5.86. The van der Waals surface area contributed by atoms with Crippen molar-refractivity contribution in [1.29, 1.82) is 0 Å². The van der Waals surface area contributed by atoms with Crippen molar-refractivity contribution in [3.8, 4) is 11.5 Å². The van der Waals surface area contributed by atoms with E-state index in [1.54, 1.807) is 18.2 Å². The van der Waals surface area contributed by atoms with Crippen molar-refractivity contribution in [2.45, 2.75) is 6.10 Å². The van der Waals surface area contributed by atoms with Crippen LogP contribution in [0.2, 0.25) is 0 Å². The zero-order chi connectivity index (χ0) is 14.1. The number of nitrogens with zero attached hydrogens (tertiary/aromatic N) is 1. The van der Waals surface area contributed by atoms with Gasteiger partial charge in [0.05, 0.1) is 0 Å². The number of aromatic amines is 1. The lowest BCUT2D eigenvalue weighted by Gasteiger charge is -2.25. The summed E-state index contributed by atoms with van der Waals surface area (Å²) in [6, 6.07) is 7.14. The van der Waals surface area contributed by atoms with Crippen molar-refractivity contribution >= 4 is 5.97 Å². The summed E-state index contributed by atoms with van der Waals surface area (Å²) in [6.07, 6.45) is 0.431. The van der Waals surface area contributed by atoms with Crippen LogP contribution in [0.25, 0.3) is 0 Å². The van der Waals surface area contributed by atoms with Gasteiger partial charge in [-0.05, 0) is 12.1 Å². The van der Waals surface area contributed by atoms with Crippen LogP contribution in [0.5, 0.6) is 11.5 Å². The van der Waals surface area contributed by atoms with Gasteiger partial charge in [0.25, 0.3) is 5.56 Å². The van der Waals surface area contributed by atoms with Crippen molar-refractivity contribution in [2.75, 3.05) is 6.61 Å². The fourth-order valence-electron chi connectivity index (χ4n) is 1.88. The van der Waals surface area contributed by atoms with Gasteiger partial charge in [0, 0.05) is 6.20 Å². The number of rotatable bonds is 2. The number of benzene rings is 1. The van der Waals surface area contributed by atoms with E-state index < -0.39 is 23.2 Å². The summed E-state index contributed by atoms with van der Waals surface area (Å²) >= 11 is 0. The van der Waals surface area contributed by atoms with E-state index in [0.29, 0.717) is 11.5 Å². The summed E-state index contributed by atoms with van der Waals surface area (Å²) in [5.41, 5.74) is -1.13. The summed E-state index contributed by atoms with van der Waals surface area (Å²) in [5.74, 6) is 0.0768. The van der Waals surface area contributed by atoms with Gasteiger partial charge in [-0.15, -0.1) is 0 Å². The molecular formula is C13H10N2O5. The molecule has 1 atom stereocenters. The summed E-state index contributed by atoms with van der Waals surface area (Å²) in [5, 5.41) is 8.78. The minimum atomic E-state index is -1.32. The van der Waals surface area contributed by atoms with Gasteiger partial charge < -0.3 is 19.6 Å². The molecule has 2 heterocycles. The SMILES string of the molecule is O=C(O)c1cnc(C2COc3ccccc3O2)[nH]c1=O. The number of aromatic carboxylic acids is 1. The number of ether oxygens (including phenoxy) is 2.